The second-order valence-corrected chi connectivity index (χ2v) is 9.95. The Hall–Kier alpha value is -5.08. The highest BCUT2D eigenvalue weighted by Gasteiger charge is 2.14. The van der Waals surface area contributed by atoms with Gasteiger partial charge >= 0.3 is 0 Å². The molecule has 2 nitrogen and oxygen atoms in total. The van der Waals surface area contributed by atoms with Crippen molar-refractivity contribution in [3.8, 4) is 0 Å². The summed E-state index contributed by atoms with van der Waals surface area (Å²) in [5.74, 6) is 0. The summed E-state index contributed by atoms with van der Waals surface area (Å²) in [6.07, 6.45) is 0. The van der Waals surface area contributed by atoms with Gasteiger partial charge in [-0.05, 0) is 56.6 Å². The number of hydrogen-bond donors (Lipinski definition) is 2. The van der Waals surface area contributed by atoms with E-state index >= 15 is 0 Å². The summed E-state index contributed by atoms with van der Waals surface area (Å²) in [6, 6.07) is 47.8. The van der Waals surface area contributed by atoms with Gasteiger partial charge in [0.25, 0.3) is 0 Å². The van der Waals surface area contributed by atoms with Gasteiger partial charge in [-0.25, -0.2) is 0 Å². The highest BCUT2D eigenvalue weighted by atomic mass is 14.9. The number of anilines is 4. The fraction of sp³-hybridized carbons (Fsp3) is 0. The Morgan fingerprint density at radius 2 is 0.658 bits per heavy atom. The predicted molar refractivity (Wildman–Crippen MR) is 165 cm³/mol. The smallest absolute Gasteiger partial charge is 0.0464 e. The quantitative estimate of drug-likeness (QED) is 0.243. The Bertz CT molecular complexity index is 1980. The van der Waals surface area contributed by atoms with E-state index in [1.165, 1.54) is 53.9 Å². The maximum absolute atomic E-state index is 3.76. The van der Waals surface area contributed by atoms with Crippen LogP contribution in [-0.2, 0) is 0 Å². The minimum atomic E-state index is 1.12. The van der Waals surface area contributed by atoms with Crippen molar-refractivity contribution in [3.63, 3.8) is 0 Å². The molecule has 8 rings (SSSR count). The van der Waals surface area contributed by atoms with E-state index in [0.29, 0.717) is 0 Å². The Kier molecular flexibility index (Phi) is 4.55. The van der Waals surface area contributed by atoms with Crippen molar-refractivity contribution in [2.24, 2.45) is 0 Å². The molecule has 0 aromatic heterocycles. The first-order valence-corrected chi connectivity index (χ1v) is 13.0. The number of nitrogens with one attached hydrogen (secondary N) is 2. The molecule has 2 heteroatoms. The van der Waals surface area contributed by atoms with E-state index < -0.39 is 0 Å². The molecule has 178 valence electrons. The van der Waals surface area contributed by atoms with Gasteiger partial charge < -0.3 is 10.6 Å². The maximum atomic E-state index is 3.76. The molecule has 0 saturated heterocycles. The standard InChI is InChI=1S/C36H24N2/c1-3-11-27-23(7-1)9-5-13-31(27)37-33-21-17-25-16-20-30-34(22-18-26-15-19-29(33)35(25)36(26)30)38-32-14-6-10-24-8-2-4-12-28(24)32/h1-22,37-38H. The molecular formula is C36H24N2. The van der Waals surface area contributed by atoms with Crippen LogP contribution < -0.4 is 10.6 Å². The lowest BCUT2D eigenvalue weighted by Crippen LogP contribution is -1.96. The number of fused-ring (bicyclic) bond motifs is 2. The van der Waals surface area contributed by atoms with Gasteiger partial charge in [0.2, 0.25) is 0 Å². The van der Waals surface area contributed by atoms with E-state index in [0.717, 1.165) is 22.7 Å². The highest BCUT2D eigenvalue weighted by Crippen LogP contribution is 2.42. The maximum Gasteiger partial charge on any atom is 0.0464 e. The Balaban J connectivity index is 1.31. The van der Waals surface area contributed by atoms with Crippen LogP contribution in [0.2, 0.25) is 0 Å². The number of hydrogen-bond acceptors (Lipinski definition) is 2. The summed E-state index contributed by atoms with van der Waals surface area (Å²) >= 11 is 0. The highest BCUT2D eigenvalue weighted by molar-refractivity contribution is 6.27. The van der Waals surface area contributed by atoms with E-state index in [2.05, 4.69) is 144 Å². The molecule has 0 aliphatic rings. The zero-order valence-electron chi connectivity index (χ0n) is 20.7. The van der Waals surface area contributed by atoms with E-state index in [9.17, 15) is 0 Å². The van der Waals surface area contributed by atoms with Crippen molar-refractivity contribution in [3.05, 3.63) is 133 Å². The minimum Gasteiger partial charge on any atom is -0.355 e. The van der Waals surface area contributed by atoms with Gasteiger partial charge in [0, 0.05) is 44.3 Å². The zero-order valence-corrected chi connectivity index (χ0v) is 20.7. The molecule has 0 heterocycles. The van der Waals surface area contributed by atoms with Crippen LogP contribution in [0.4, 0.5) is 22.7 Å². The summed E-state index contributed by atoms with van der Waals surface area (Å²) < 4.78 is 0. The van der Waals surface area contributed by atoms with Crippen molar-refractivity contribution >= 4 is 76.6 Å². The van der Waals surface area contributed by atoms with E-state index in [1.54, 1.807) is 0 Å². The van der Waals surface area contributed by atoms with E-state index in [1.807, 2.05) is 0 Å². The molecule has 0 spiro atoms. The van der Waals surface area contributed by atoms with Crippen molar-refractivity contribution in [1.29, 1.82) is 0 Å². The summed E-state index contributed by atoms with van der Waals surface area (Å²) in [5, 5.41) is 20.0. The van der Waals surface area contributed by atoms with Gasteiger partial charge in [0.15, 0.2) is 0 Å². The Morgan fingerprint density at radius 1 is 0.263 bits per heavy atom. The SMILES string of the molecule is c1ccc2c(Nc3ccc4ccc5c(Nc6cccc7ccccc67)ccc6ccc3c4c65)cccc2c1. The minimum absolute atomic E-state index is 1.12. The van der Waals surface area contributed by atoms with Crippen LogP contribution in [0.25, 0.3) is 53.9 Å². The number of benzene rings is 8. The molecule has 8 aromatic carbocycles. The van der Waals surface area contributed by atoms with Gasteiger partial charge in [-0.3, -0.25) is 0 Å². The summed E-state index contributed by atoms with van der Waals surface area (Å²) in [7, 11) is 0. The lowest BCUT2D eigenvalue weighted by molar-refractivity contribution is 1.61. The average molecular weight is 485 g/mol. The molecule has 0 atom stereocenters. The molecule has 0 aliphatic heterocycles. The second kappa shape index (κ2) is 8.22. The fourth-order valence-corrected chi connectivity index (χ4v) is 5.98. The summed E-state index contributed by atoms with van der Waals surface area (Å²) in [5.41, 5.74) is 4.49. The molecule has 0 saturated carbocycles. The monoisotopic (exact) mass is 484 g/mol. The lowest BCUT2D eigenvalue weighted by Gasteiger charge is -2.18. The van der Waals surface area contributed by atoms with Crippen LogP contribution in [0.5, 0.6) is 0 Å². The third kappa shape index (κ3) is 3.21. The molecule has 0 aliphatic carbocycles. The van der Waals surface area contributed by atoms with Gasteiger partial charge in [-0.15, -0.1) is 0 Å². The molecule has 0 radical (unpaired) electrons. The van der Waals surface area contributed by atoms with Crippen LogP contribution in [0.1, 0.15) is 0 Å². The molecule has 2 N–H and O–H groups in total. The largest absolute Gasteiger partial charge is 0.355 e. The third-order valence-electron chi connectivity index (χ3n) is 7.78. The Labute approximate surface area is 220 Å². The van der Waals surface area contributed by atoms with E-state index in [4.69, 9.17) is 0 Å². The molecule has 0 amide bonds. The zero-order chi connectivity index (χ0) is 25.1. The second-order valence-electron chi connectivity index (χ2n) is 9.95. The van der Waals surface area contributed by atoms with Gasteiger partial charge in [0.05, 0.1) is 0 Å². The topological polar surface area (TPSA) is 24.1 Å². The first kappa shape index (κ1) is 21.0. The molecule has 0 bridgehead atoms. The van der Waals surface area contributed by atoms with Crippen molar-refractivity contribution in [2.75, 3.05) is 10.6 Å². The molecule has 0 fully saturated rings. The lowest BCUT2D eigenvalue weighted by atomic mass is 9.92. The van der Waals surface area contributed by atoms with Crippen molar-refractivity contribution in [2.45, 2.75) is 0 Å². The first-order valence-electron chi connectivity index (χ1n) is 13.0. The molecule has 0 unspecified atom stereocenters. The van der Waals surface area contributed by atoms with Crippen LogP contribution in [0, 0.1) is 0 Å². The fourth-order valence-electron chi connectivity index (χ4n) is 5.98. The van der Waals surface area contributed by atoms with Gasteiger partial charge in [-0.2, -0.15) is 0 Å². The summed E-state index contributed by atoms with van der Waals surface area (Å²) in [4.78, 5) is 0. The van der Waals surface area contributed by atoms with Gasteiger partial charge in [-0.1, -0.05) is 109 Å². The number of rotatable bonds is 4. The van der Waals surface area contributed by atoms with E-state index in [-0.39, 0.29) is 0 Å². The van der Waals surface area contributed by atoms with Crippen molar-refractivity contribution < 1.29 is 0 Å². The third-order valence-corrected chi connectivity index (χ3v) is 7.78. The molecule has 8 aromatic rings. The van der Waals surface area contributed by atoms with Crippen LogP contribution in [-0.4, -0.2) is 0 Å². The Morgan fingerprint density at radius 3 is 1.16 bits per heavy atom. The van der Waals surface area contributed by atoms with Crippen LogP contribution in [0.15, 0.2) is 133 Å². The average Bonchev–Trinajstić information content (AvgIpc) is 2.98. The normalized spacial score (nSPS) is 11.7. The molecular weight excluding hydrogens is 460 g/mol. The van der Waals surface area contributed by atoms with Gasteiger partial charge in [0.1, 0.15) is 0 Å². The summed E-state index contributed by atoms with van der Waals surface area (Å²) in [6.45, 7) is 0. The molecule has 38 heavy (non-hydrogen) atoms. The van der Waals surface area contributed by atoms with Crippen LogP contribution in [0.3, 0.4) is 0 Å². The first-order chi connectivity index (χ1) is 18.8. The van der Waals surface area contributed by atoms with Crippen molar-refractivity contribution in [1.82, 2.24) is 0 Å². The predicted octanol–water partition coefficient (Wildman–Crippen LogP) is 10.4. The van der Waals surface area contributed by atoms with Crippen LogP contribution >= 0.6 is 0 Å².